The van der Waals surface area contributed by atoms with Gasteiger partial charge in [0.05, 0.1) is 42.5 Å². The molecule has 0 bridgehead atoms. The second kappa shape index (κ2) is 8.51. The van der Waals surface area contributed by atoms with Crippen molar-refractivity contribution in [1.82, 2.24) is 19.9 Å². The Kier molecular flexibility index (Phi) is 5.94. The molecule has 2 amide bonds. The van der Waals surface area contributed by atoms with Crippen LogP contribution in [0.2, 0.25) is 0 Å². The van der Waals surface area contributed by atoms with Crippen molar-refractivity contribution in [2.75, 3.05) is 33.1 Å². The van der Waals surface area contributed by atoms with Gasteiger partial charge in [0.25, 0.3) is 0 Å². The third kappa shape index (κ3) is 3.89. The van der Waals surface area contributed by atoms with Gasteiger partial charge in [0, 0.05) is 19.5 Å². The number of fused-ring (bicyclic) bond motifs is 1. The van der Waals surface area contributed by atoms with E-state index in [1.165, 1.54) is 31.0 Å². The predicted molar refractivity (Wildman–Crippen MR) is 114 cm³/mol. The number of benzene rings is 1. The number of hydrogen-bond donors (Lipinski definition) is 1. The number of aryl methyl sites for hydroxylation is 1. The molecule has 1 spiro atoms. The Balaban J connectivity index is 1.39. The van der Waals surface area contributed by atoms with E-state index < -0.39 is 17.4 Å². The fourth-order valence-electron chi connectivity index (χ4n) is 4.65. The van der Waals surface area contributed by atoms with Gasteiger partial charge in [-0.15, -0.1) is 0 Å². The number of nitrogens with zero attached hydrogens (tertiary/aromatic N) is 3. The van der Waals surface area contributed by atoms with Crippen LogP contribution in [-0.4, -0.2) is 76.3 Å². The van der Waals surface area contributed by atoms with E-state index in [1.54, 1.807) is 4.90 Å². The van der Waals surface area contributed by atoms with Crippen molar-refractivity contribution in [3.8, 4) is 0 Å². The van der Waals surface area contributed by atoms with Crippen molar-refractivity contribution in [3.63, 3.8) is 0 Å². The molecule has 1 N–H and O–H groups in total. The normalized spacial score (nSPS) is 20.6. The summed E-state index contributed by atoms with van der Waals surface area (Å²) in [6.45, 7) is 2.91. The number of aromatic amines is 1. The second-order valence-corrected chi connectivity index (χ2v) is 8.95. The lowest BCUT2D eigenvalue weighted by Crippen LogP contribution is -2.58. The first-order valence-electron chi connectivity index (χ1n) is 10.2. The van der Waals surface area contributed by atoms with Gasteiger partial charge < -0.3 is 14.6 Å². The van der Waals surface area contributed by atoms with Gasteiger partial charge >= 0.3 is 5.97 Å². The van der Waals surface area contributed by atoms with Gasteiger partial charge in [-0.2, -0.15) is 0 Å². The van der Waals surface area contributed by atoms with Gasteiger partial charge in [0.15, 0.2) is 5.16 Å². The minimum absolute atomic E-state index is 0.000560. The quantitative estimate of drug-likeness (QED) is 0.552. The lowest BCUT2D eigenvalue weighted by atomic mass is 9.77. The molecule has 2 saturated heterocycles. The van der Waals surface area contributed by atoms with Gasteiger partial charge in [-0.1, -0.05) is 17.8 Å². The number of rotatable bonds is 5. The van der Waals surface area contributed by atoms with Crippen molar-refractivity contribution in [3.05, 3.63) is 23.8 Å². The minimum Gasteiger partial charge on any atom is -0.469 e. The molecule has 0 saturated carbocycles. The molecule has 1 aromatic heterocycles. The third-order valence-electron chi connectivity index (χ3n) is 6.26. The molecule has 2 fully saturated rings. The molecular weight excluding hydrogens is 420 g/mol. The van der Waals surface area contributed by atoms with E-state index in [2.05, 4.69) is 9.97 Å². The highest BCUT2D eigenvalue weighted by atomic mass is 32.2. The van der Waals surface area contributed by atoms with E-state index in [9.17, 15) is 14.4 Å². The number of carbonyl (C=O) groups excluding carboxylic acids is 3. The Hall–Kier alpha value is -2.59. The van der Waals surface area contributed by atoms with Gasteiger partial charge in [-0.05, 0) is 37.5 Å². The average Bonchev–Trinajstić information content (AvgIpc) is 3.29. The highest BCUT2D eigenvalue weighted by Crippen LogP contribution is 2.44. The molecule has 1 unspecified atom stereocenters. The maximum Gasteiger partial charge on any atom is 0.311 e. The lowest BCUT2D eigenvalue weighted by Gasteiger charge is -2.45. The highest BCUT2D eigenvalue weighted by Gasteiger charge is 2.58. The number of hydrogen-bond acceptors (Lipinski definition) is 7. The largest absolute Gasteiger partial charge is 0.469 e. The standard InChI is InChI=1S/C21H26N4O5S/c1-13-4-5-15-16(10-13)23-20(22-15)31-12-18(27)24-8-6-21(7-9-24)14(19(28)29-2)11-17(26)25(21)30-3/h4-5,10,14H,6-9,11-12H2,1-3H3,(H,22,23). The Labute approximate surface area is 184 Å². The van der Waals surface area contributed by atoms with E-state index >= 15 is 0 Å². The molecule has 0 radical (unpaired) electrons. The molecule has 2 aromatic rings. The minimum atomic E-state index is -0.764. The van der Waals surface area contributed by atoms with Crippen molar-refractivity contribution < 1.29 is 24.0 Å². The average molecular weight is 447 g/mol. The van der Waals surface area contributed by atoms with Crippen LogP contribution in [0.5, 0.6) is 0 Å². The monoisotopic (exact) mass is 446 g/mol. The first-order chi connectivity index (χ1) is 14.9. The number of aromatic nitrogens is 2. The number of imidazole rings is 1. The molecule has 1 aromatic carbocycles. The van der Waals surface area contributed by atoms with Crippen LogP contribution in [0.1, 0.15) is 24.8 Å². The molecule has 9 nitrogen and oxygen atoms in total. The summed E-state index contributed by atoms with van der Waals surface area (Å²) in [5, 5.41) is 2.03. The highest BCUT2D eigenvalue weighted by molar-refractivity contribution is 7.99. The van der Waals surface area contributed by atoms with E-state index in [1.807, 2.05) is 25.1 Å². The number of piperidine rings is 1. The summed E-state index contributed by atoms with van der Waals surface area (Å²) < 4.78 is 4.93. The zero-order valence-electron chi connectivity index (χ0n) is 17.8. The Bertz CT molecular complexity index is 1010. The first-order valence-corrected chi connectivity index (χ1v) is 11.2. The van der Waals surface area contributed by atoms with Crippen LogP contribution >= 0.6 is 11.8 Å². The van der Waals surface area contributed by atoms with Gasteiger partial charge in [-0.3, -0.25) is 19.2 Å². The van der Waals surface area contributed by atoms with E-state index in [-0.39, 0.29) is 24.0 Å². The van der Waals surface area contributed by atoms with Crippen molar-refractivity contribution in [2.45, 2.75) is 36.9 Å². The van der Waals surface area contributed by atoms with E-state index in [0.717, 1.165) is 16.6 Å². The fourth-order valence-corrected chi connectivity index (χ4v) is 5.44. The zero-order valence-corrected chi connectivity index (χ0v) is 18.7. The molecule has 1 atom stereocenters. The molecular formula is C21H26N4O5S. The SMILES string of the molecule is COC(=O)C1CC(=O)N(OC)C12CCN(C(=O)CSc1nc3ccc(C)cc3[nH]1)CC2. The number of H-pyrrole nitrogens is 1. The number of likely N-dealkylation sites (tertiary alicyclic amines) is 1. The van der Waals surface area contributed by atoms with Gasteiger partial charge in [-0.25, -0.2) is 10.0 Å². The number of esters is 1. The molecule has 2 aliphatic rings. The molecule has 10 heteroatoms. The summed E-state index contributed by atoms with van der Waals surface area (Å²) in [4.78, 5) is 52.4. The van der Waals surface area contributed by atoms with Crippen LogP contribution in [0.15, 0.2) is 23.4 Å². The third-order valence-corrected chi connectivity index (χ3v) is 7.11. The maximum absolute atomic E-state index is 12.8. The van der Waals surface area contributed by atoms with Crippen molar-refractivity contribution in [2.24, 2.45) is 5.92 Å². The molecule has 2 aliphatic heterocycles. The molecule has 166 valence electrons. The van der Waals surface area contributed by atoms with Crippen LogP contribution in [0.3, 0.4) is 0 Å². The Morgan fingerprint density at radius 2 is 2.03 bits per heavy atom. The molecule has 31 heavy (non-hydrogen) atoms. The number of ether oxygens (including phenoxy) is 1. The fraction of sp³-hybridized carbons (Fsp3) is 0.524. The number of hydroxylamine groups is 2. The van der Waals surface area contributed by atoms with Crippen molar-refractivity contribution >= 4 is 40.6 Å². The Morgan fingerprint density at radius 1 is 1.29 bits per heavy atom. The van der Waals surface area contributed by atoms with Crippen LogP contribution in [0.25, 0.3) is 11.0 Å². The summed E-state index contributed by atoms with van der Waals surface area (Å²) in [5.74, 6) is -0.967. The van der Waals surface area contributed by atoms with E-state index in [4.69, 9.17) is 9.57 Å². The predicted octanol–water partition coefficient (Wildman–Crippen LogP) is 1.91. The Morgan fingerprint density at radius 3 is 2.71 bits per heavy atom. The number of amides is 2. The second-order valence-electron chi connectivity index (χ2n) is 7.99. The van der Waals surface area contributed by atoms with Crippen molar-refractivity contribution in [1.29, 1.82) is 0 Å². The van der Waals surface area contributed by atoms with Crippen LogP contribution in [-0.2, 0) is 24.0 Å². The van der Waals surface area contributed by atoms with Gasteiger partial charge in [0.2, 0.25) is 11.8 Å². The summed E-state index contributed by atoms with van der Waals surface area (Å²) in [6, 6.07) is 5.99. The number of thioether (sulfide) groups is 1. The number of carbonyl (C=O) groups is 3. The first kappa shape index (κ1) is 21.6. The topological polar surface area (TPSA) is 105 Å². The van der Waals surface area contributed by atoms with Crippen LogP contribution < -0.4 is 0 Å². The molecule has 4 rings (SSSR count). The smallest absolute Gasteiger partial charge is 0.311 e. The van der Waals surface area contributed by atoms with E-state index in [0.29, 0.717) is 31.1 Å². The summed E-state index contributed by atoms with van der Waals surface area (Å²) in [7, 11) is 2.76. The van der Waals surface area contributed by atoms with Crippen LogP contribution in [0, 0.1) is 12.8 Å². The maximum atomic E-state index is 12.8. The summed E-state index contributed by atoms with van der Waals surface area (Å²) in [5.41, 5.74) is 2.21. The number of methoxy groups -OCH3 is 1. The summed E-state index contributed by atoms with van der Waals surface area (Å²) in [6.07, 6.45) is 0.995. The summed E-state index contributed by atoms with van der Waals surface area (Å²) >= 11 is 1.37. The zero-order chi connectivity index (χ0) is 22.2. The van der Waals surface area contributed by atoms with Gasteiger partial charge in [0.1, 0.15) is 0 Å². The number of nitrogens with one attached hydrogen (secondary N) is 1. The molecule has 0 aliphatic carbocycles. The van der Waals surface area contributed by atoms with Crippen LogP contribution in [0.4, 0.5) is 0 Å². The lowest BCUT2D eigenvalue weighted by molar-refractivity contribution is -0.209. The molecule has 3 heterocycles.